The minimum absolute atomic E-state index is 0.166. The molecule has 1 atom stereocenters. The van der Waals surface area contributed by atoms with Gasteiger partial charge in [-0.3, -0.25) is 4.79 Å². The molecule has 0 fully saturated rings. The maximum Gasteiger partial charge on any atom is 0.573 e. The number of hydrogen-bond acceptors (Lipinski definition) is 5. The maximum atomic E-state index is 12.9. The molecule has 1 aromatic heterocycles. The SMILES string of the molecule is CN(C)Cc1ccc(-c2c(-c3cccc(OC(F)(F)F)c3)cc3n2[C@@H](CCNC(=O)O)CNC3=O)cc1.O=C(O)C(F)(F)F. The maximum absolute atomic E-state index is 12.9. The molecule has 0 bridgehead atoms. The minimum atomic E-state index is -5.08. The highest BCUT2D eigenvalue weighted by molar-refractivity contribution is 5.98. The van der Waals surface area contributed by atoms with E-state index in [0.29, 0.717) is 28.9 Å². The number of halogens is 6. The van der Waals surface area contributed by atoms with Crippen molar-refractivity contribution in [1.29, 1.82) is 0 Å². The average Bonchev–Trinajstić information content (AvgIpc) is 3.31. The molecule has 44 heavy (non-hydrogen) atoms. The predicted octanol–water partition coefficient (Wildman–Crippen LogP) is 5.36. The number of aliphatic carboxylic acids is 1. The first-order valence-electron chi connectivity index (χ1n) is 12.9. The third kappa shape index (κ3) is 9.13. The van der Waals surface area contributed by atoms with Crippen LogP contribution in [-0.2, 0) is 11.3 Å². The van der Waals surface area contributed by atoms with Crippen LogP contribution >= 0.6 is 0 Å². The van der Waals surface area contributed by atoms with E-state index in [2.05, 4.69) is 15.4 Å². The number of alkyl halides is 6. The fourth-order valence-electron chi connectivity index (χ4n) is 4.56. The van der Waals surface area contributed by atoms with Crippen LogP contribution < -0.4 is 15.4 Å². The Kier molecular flexibility index (Phi) is 10.5. The van der Waals surface area contributed by atoms with E-state index in [9.17, 15) is 35.9 Å². The van der Waals surface area contributed by atoms with Gasteiger partial charge in [0.25, 0.3) is 5.91 Å². The normalized spacial score (nSPS) is 14.7. The lowest BCUT2D eigenvalue weighted by atomic mass is 9.99. The molecule has 0 radical (unpaired) electrons. The molecule has 4 rings (SSSR count). The smallest absolute Gasteiger partial charge is 0.475 e. The zero-order chi connectivity index (χ0) is 32.8. The highest BCUT2D eigenvalue weighted by atomic mass is 19.4. The van der Waals surface area contributed by atoms with E-state index >= 15 is 0 Å². The number of rotatable bonds is 8. The quantitative estimate of drug-likeness (QED) is 0.247. The van der Waals surface area contributed by atoms with Crippen molar-refractivity contribution in [1.82, 2.24) is 20.1 Å². The zero-order valence-electron chi connectivity index (χ0n) is 23.3. The van der Waals surface area contributed by atoms with Crippen LogP contribution in [0, 0.1) is 0 Å². The fourth-order valence-corrected chi connectivity index (χ4v) is 4.56. The molecule has 2 aromatic carbocycles. The topological polar surface area (TPSA) is 133 Å². The van der Waals surface area contributed by atoms with Crippen molar-refractivity contribution in [3.63, 3.8) is 0 Å². The second-order valence-electron chi connectivity index (χ2n) is 9.86. The summed E-state index contributed by atoms with van der Waals surface area (Å²) in [4.78, 5) is 34.7. The molecule has 16 heteroatoms. The first-order valence-corrected chi connectivity index (χ1v) is 12.9. The Balaban J connectivity index is 0.000000676. The first-order chi connectivity index (χ1) is 20.5. The molecular formula is C28H28F6N4O6. The van der Waals surface area contributed by atoms with Gasteiger partial charge in [-0.1, -0.05) is 36.4 Å². The molecule has 4 N–H and O–H groups in total. The predicted molar refractivity (Wildman–Crippen MR) is 145 cm³/mol. The number of hydrogen-bond donors (Lipinski definition) is 4. The number of nitrogens with zero attached hydrogens (tertiary/aromatic N) is 2. The highest BCUT2D eigenvalue weighted by Gasteiger charge is 2.38. The van der Waals surface area contributed by atoms with E-state index in [1.165, 1.54) is 18.2 Å². The summed E-state index contributed by atoms with van der Waals surface area (Å²) in [5, 5.41) is 21.3. The summed E-state index contributed by atoms with van der Waals surface area (Å²) in [6.45, 7) is 1.17. The third-order valence-corrected chi connectivity index (χ3v) is 6.23. The molecule has 238 valence electrons. The highest BCUT2D eigenvalue weighted by Crippen LogP contribution is 2.40. The molecule has 0 saturated carbocycles. The summed E-state index contributed by atoms with van der Waals surface area (Å²) < 4.78 is 76.4. The van der Waals surface area contributed by atoms with Crippen LogP contribution in [0.5, 0.6) is 5.75 Å². The molecule has 1 aliphatic rings. The van der Waals surface area contributed by atoms with Crippen LogP contribution in [0.4, 0.5) is 31.1 Å². The molecule has 10 nitrogen and oxygen atoms in total. The van der Waals surface area contributed by atoms with Gasteiger partial charge in [-0.2, -0.15) is 13.2 Å². The molecule has 0 aliphatic carbocycles. The van der Waals surface area contributed by atoms with Crippen molar-refractivity contribution in [2.24, 2.45) is 0 Å². The van der Waals surface area contributed by atoms with E-state index in [-0.39, 0.29) is 30.8 Å². The van der Waals surface area contributed by atoms with E-state index in [0.717, 1.165) is 17.7 Å². The van der Waals surface area contributed by atoms with Gasteiger partial charge in [-0.05, 0) is 55.4 Å². The minimum Gasteiger partial charge on any atom is -0.475 e. The number of fused-ring (bicyclic) bond motifs is 1. The Hall–Kier alpha value is -4.73. The summed E-state index contributed by atoms with van der Waals surface area (Å²) in [7, 11) is 3.92. The largest absolute Gasteiger partial charge is 0.573 e. The summed E-state index contributed by atoms with van der Waals surface area (Å²) in [6, 6.07) is 14.8. The van der Waals surface area contributed by atoms with Gasteiger partial charge in [0.2, 0.25) is 0 Å². The molecule has 0 saturated heterocycles. The van der Waals surface area contributed by atoms with Gasteiger partial charge in [0, 0.05) is 25.2 Å². The monoisotopic (exact) mass is 630 g/mol. The number of ether oxygens (including phenoxy) is 1. The standard InChI is InChI=1S/C26H27F3N4O4.C2HF3O2/c1-32(2)15-16-6-8-17(9-7-16)23-21(18-4-3-5-20(12-18)37-26(27,28)29)13-22-24(34)31-14-19(33(22)23)10-11-30-25(35)36;3-2(4,5)1(6)7/h3-9,12-13,19,30H,10-11,14-15H2,1-2H3,(H,31,34)(H,35,36);(H,6,7)/t19-;/m0./s1. The summed E-state index contributed by atoms with van der Waals surface area (Å²) in [5.41, 5.74) is 3.86. The van der Waals surface area contributed by atoms with E-state index in [1.807, 2.05) is 47.8 Å². The van der Waals surface area contributed by atoms with Gasteiger partial charge in [-0.15, -0.1) is 13.2 Å². The summed E-state index contributed by atoms with van der Waals surface area (Å²) >= 11 is 0. The number of benzene rings is 2. The van der Waals surface area contributed by atoms with Crippen molar-refractivity contribution in [2.45, 2.75) is 31.5 Å². The van der Waals surface area contributed by atoms with Crippen LogP contribution in [0.15, 0.2) is 54.6 Å². The number of aromatic nitrogens is 1. The van der Waals surface area contributed by atoms with Gasteiger partial charge in [-0.25, -0.2) is 9.59 Å². The van der Waals surface area contributed by atoms with Gasteiger partial charge in [0.15, 0.2) is 0 Å². The van der Waals surface area contributed by atoms with Gasteiger partial charge >= 0.3 is 24.6 Å². The fraction of sp³-hybridized carbons (Fsp3) is 0.321. The molecule has 0 unspecified atom stereocenters. The van der Waals surface area contributed by atoms with Crippen LogP contribution in [0.2, 0.25) is 0 Å². The van der Waals surface area contributed by atoms with Crippen molar-refractivity contribution in [3.05, 3.63) is 65.9 Å². The summed E-state index contributed by atoms with van der Waals surface area (Å²) in [5.74, 6) is -3.44. The number of carboxylic acids is 1. The van der Waals surface area contributed by atoms with Crippen molar-refractivity contribution < 1.29 is 55.7 Å². The van der Waals surface area contributed by atoms with Crippen LogP contribution in [0.25, 0.3) is 22.4 Å². The Bertz CT molecular complexity index is 1490. The van der Waals surface area contributed by atoms with Gasteiger partial charge < -0.3 is 35.1 Å². The van der Waals surface area contributed by atoms with Crippen LogP contribution in [0.3, 0.4) is 0 Å². The Morgan fingerprint density at radius 2 is 1.66 bits per heavy atom. The first kappa shape index (κ1) is 33.8. The number of carboxylic acid groups (broad SMARTS) is 2. The number of nitrogens with one attached hydrogen (secondary N) is 2. The van der Waals surface area contributed by atoms with Crippen LogP contribution in [-0.4, -0.2) is 77.4 Å². The van der Waals surface area contributed by atoms with Crippen molar-refractivity contribution in [3.8, 4) is 28.1 Å². The number of carbonyl (C=O) groups is 3. The van der Waals surface area contributed by atoms with E-state index in [4.69, 9.17) is 15.0 Å². The van der Waals surface area contributed by atoms with Gasteiger partial charge in [0.05, 0.1) is 11.7 Å². The molecule has 1 aliphatic heterocycles. The van der Waals surface area contributed by atoms with Crippen LogP contribution in [0.1, 0.15) is 28.5 Å². The molecule has 3 aromatic rings. The Morgan fingerprint density at radius 1 is 1.02 bits per heavy atom. The molecule has 0 spiro atoms. The zero-order valence-corrected chi connectivity index (χ0v) is 23.3. The lowest BCUT2D eigenvalue weighted by Gasteiger charge is -2.29. The Labute approximate surface area is 246 Å². The van der Waals surface area contributed by atoms with E-state index < -0.39 is 24.6 Å². The molecule has 2 heterocycles. The average molecular weight is 631 g/mol. The summed E-state index contributed by atoms with van der Waals surface area (Å²) in [6.07, 6.45) is -10.7. The second kappa shape index (κ2) is 13.7. The number of carbonyl (C=O) groups excluding carboxylic acids is 1. The third-order valence-electron chi connectivity index (χ3n) is 6.23. The van der Waals surface area contributed by atoms with E-state index in [1.54, 1.807) is 12.1 Å². The lowest BCUT2D eigenvalue weighted by Crippen LogP contribution is -2.40. The van der Waals surface area contributed by atoms with Gasteiger partial charge in [0.1, 0.15) is 11.4 Å². The van der Waals surface area contributed by atoms with Crippen molar-refractivity contribution >= 4 is 18.0 Å². The Morgan fingerprint density at radius 3 is 2.20 bits per heavy atom. The van der Waals surface area contributed by atoms with Crippen molar-refractivity contribution in [2.75, 3.05) is 27.2 Å². The molecular weight excluding hydrogens is 602 g/mol. The lowest BCUT2D eigenvalue weighted by molar-refractivity contribution is -0.274. The molecule has 2 amide bonds. The number of amides is 2. The second-order valence-corrected chi connectivity index (χ2v) is 9.86.